The minimum atomic E-state index is -2.86. The van der Waals surface area contributed by atoms with Crippen LogP contribution >= 0.6 is 0 Å². The molecule has 0 aromatic heterocycles. The lowest BCUT2D eigenvalue weighted by molar-refractivity contribution is -0.0597. The summed E-state index contributed by atoms with van der Waals surface area (Å²) in [6.07, 6.45) is 1.60. The van der Waals surface area contributed by atoms with Gasteiger partial charge in [-0.15, -0.1) is 0 Å². The van der Waals surface area contributed by atoms with E-state index in [1.165, 1.54) is 0 Å². The maximum Gasteiger partial charge on any atom is 0.150 e. The molecule has 0 aromatic rings. The summed E-state index contributed by atoms with van der Waals surface area (Å²) >= 11 is 0. The van der Waals surface area contributed by atoms with Gasteiger partial charge in [-0.2, -0.15) is 0 Å². The molecule has 5 heteroatoms. The Bertz CT molecular complexity index is 271. The Balaban J connectivity index is 2.73. The first-order valence-corrected chi connectivity index (χ1v) is 6.28. The molecule has 78 valence electrons. The zero-order valence-electron chi connectivity index (χ0n) is 8.12. The summed E-state index contributed by atoms with van der Waals surface area (Å²) in [6, 6.07) is 0. The van der Waals surface area contributed by atoms with Crippen molar-refractivity contribution in [2.45, 2.75) is 32.3 Å². The lowest BCUT2D eigenvalue weighted by Crippen LogP contribution is -2.43. The molecule has 1 unspecified atom stereocenters. The molecule has 1 aliphatic rings. The van der Waals surface area contributed by atoms with Gasteiger partial charge in [-0.1, -0.05) is 0 Å². The van der Waals surface area contributed by atoms with Crippen LogP contribution < -0.4 is 5.90 Å². The Morgan fingerprint density at radius 2 is 2.08 bits per heavy atom. The van der Waals surface area contributed by atoms with Gasteiger partial charge in [0.1, 0.15) is 0 Å². The molecule has 1 atom stereocenters. The second kappa shape index (κ2) is 3.55. The zero-order valence-corrected chi connectivity index (χ0v) is 8.93. The van der Waals surface area contributed by atoms with E-state index in [0.29, 0.717) is 5.75 Å². The Hall–Kier alpha value is -0.130. The standard InChI is InChI=1S/C8H17NO3S/c1-8(2,12-9)7-4-3-5-13(10,11)6-7/h7H,3-6,9H2,1-2H3. The highest BCUT2D eigenvalue weighted by atomic mass is 32.2. The van der Waals surface area contributed by atoms with E-state index in [0.717, 1.165) is 12.8 Å². The summed E-state index contributed by atoms with van der Waals surface area (Å²) in [4.78, 5) is 4.81. The van der Waals surface area contributed by atoms with E-state index in [9.17, 15) is 8.42 Å². The van der Waals surface area contributed by atoms with Crippen LogP contribution in [0.2, 0.25) is 0 Å². The summed E-state index contributed by atoms with van der Waals surface area (Å²) in [7, 11) is -2.86. The van der Waals surface area contributed by atoms with E-state index < -0.39 is 15.4 Å². The van der Waals surface area contributed by atoms with E-state index in [1.54, 1.807) is 0 Å². The van der Waals surface area contributed by atoms with E-state index in [2.05, 4.69) is 0 Å². The number of sulfone groups is 1. The van der Waals surface area contributed by atoms with Gasteiger partial charge in [0, 0.05) is 5.92 Å². The summed E-state index contributed by atoms with van der Waals surface area (Å²) in [5.41, 5.74) is -0.534. The topological polar surface area (TPSA) is 69.4 Å². The SMILES string of the molecule is CC(C)(ON)C1CCCS(=O)(=O)C1. The van der Waals surface area contributed by atoms with Gasteiger partial charge >= 0.3 is 0 Å². The molecular weight excluding hydrogens is 190 g/mol. The van der Waals surface area contributed by atoms with Crippen LogP contribution in [0.25, 0.3) is 0 Å². The normalized spacial score (nSPS) is 28.7. The number of rotatable bonds is 2. The van der Waals surface area contributed by atoms with Crippen molar-refractivity contribution in [1.29, 1.82) is 0 Å². The van der Waals surface area contributed by atoms with Crippen molar-refractivity contribution in [3.63, 3.8) is 0 Å². The van der Waals surface area contributed by atoms with Crippen molar-refractivity contribution in [3.8, 4) is 0 Å². The molecule has 1 fully saturated rings. The highest BCUT2D eigenvalue weighted by Gasteiger charge is 2.36. The van der Waals surface area contributed by atoms with Crippen LogP contribution in [0.1, 0.15) is 26.7 Å². The molecule has 13 heavy (non-hydrogen) atoms. The molecule has 0 spiro atoms. The van der Waals surface area contributed by atoms with Gasteiger partial charge in [-0.3, -0.25) is 4.84 Å². The predicted octanol–water partition coefficient (Wildman–Crippen LogP) is 0.480. The maximum atomic E-state index is 11.3. The van der Waals surface area contributed by atoms with Crippen LogP contribution in [0.4, 0.5) is 0 Å². The fraction of sp³-hybridized carbons (Fsp3) is 1.00. The first kappa shape index (κ1) is 10.9. The van der Waals surface area contributed by atoms with Crippen molar-refractivity contribution in [2.24, 2.45) is 11.8 Å². The van der Waals surface area contributed by atoms with Crippen LogP contribution in [0.3, 0.4) is 0 Å². The van der Waals surface area contributed by atoms with Gasteiger partial charge < -0.3 is 0 Å². The second-order valence-corrected chi connectivity index (χ2v) is 6.40. The number of hydrogen-bond donors (Lipinski definition) is 1. The lowest BCUT2D eigenvalue weighted by Gasteiger charge is -2.34. The predicted molar refractivity (Wildman–Crippen MR) is 50.7 cm³/mol. The largest absolute Gasteiger partial charge is 0.298 e. The van der Waals surface area contributed by atoms with Crippen LogP contribution in [0.5, 0.6) is 0 Å². The summed E-state index contributed by atoms with van der Waals surface area (Å²) in [6.45, 7) is 3.66. The fourth-order valence-corrected chi connectivity index (χ4v) is 3.62. The molecule has 0 saturated carbocycles. The first-order chi connectivity index (χ1) is 5.87. The summed E-state index contributed by atoms with van der Waals surface area (Å²) in [5, 5.41) is 0. The minimum Gasteiger partial charge on any atom is -0.298 e. The quantitative estimate of drug-likeness (QED) is 0.669. The van der Waals surface area contributed by atoms with Gasteiger partial charge in [0.05, 0.1) is 17.1 Å². The third-order valence-corrected chi connectivity index (χ3v) is 4.57. The van der Waals surface area contributed by atoms with Gasteiger partial charge in [-0.05, 0) is 26.7 Å². The van der Waals surface area contributed by atoms with E-state index in [4.69, 9.17) is 10.7 Å². The van der Waals surface area contributed by atoms with Crippen LogP contribution in [0, 0.1) is 5.92 Å². The highest BCUT2D eigenvalue weighted by molar-refractivity contribution is 7.91. The molecule has 1 heterocycles. The lowest BCUT2D eigenvalue weighted by atomic mass is 9.88. The van der Waals surface area contributed by atoms with Gasteiger partial charge in [0.15, 0.2) is 9.84 Å². The van der Waals surface area contributed by atoms with Gasteiger partial charge in [-0.25, -0.2) is 14.3 Å². The number of hydrogen-bond acceptors (Lipinski definition) is 4. The van der Waals surface area contributed by atoms with Crippen molar-refractivity contribution in [1.82, 2.24) is 0 Å². The Labute approximate surface area is 79.3 Å². The molecule has 0 amide bonds. The first-order valence-electron chi connectivity index (χ1n) is 4.46. The average Bonchev–Trinajstić information content (AvgIpc) is 2.03. The smallest absolute Gasteiger partial charge is 0.150 e. The van der Waals surface area contributed by atoms with Gasteiger partial charge in [0.2, 0.25) is 0 Å². The molecule has 0 radical (unpaired) electrons. The van der Waals surface area contributed by atoms with Crippen LogP contribution in [-0.4, -0.2) is 25.5 Å². The third kappa shape index (κ3) is 2.65. The van der Waals surface area contributed by atoms with E-state index in [1.807, 2.05) is 13.8 Å². The summed E-state index contributed by atoms with van der Waals surface area (Å²) in [5.74, 6) is 5.67. The minimum absolute atomic E-state index is 0.0243. The molecule has 1 rings (SSSR count). The molecule has 2 N–H and O–H groups in total. The Morgan fingerprint density at radius 1 is 1.46 bits per heavy atom. The molecule has 0 aromatic carbocycles. The van der Waals surface area contributed by atoms with E-state index >= 15 is 0 Å². The molecule has 4 nitrogen and oxygen atoms in total. The van der Waals surface area contributed by atoms with Crippen molar-refractivity contribution in [3.05, 3.63) is 0 Å². The number of nitrogens with two attached hydrogens (primary N) is 1. The Kier molecular flexibility index (Phi) is 2.99. The van der Waals surface area contributed by atoms with Crippen LogP contribution in [0.15, 0.2) is 0 Å². The molecular formula is C8H17NO3S. The van der Waals surface area contributed by atoms with Crippen molar-refractivity contribution in [2.75, 3.05) is 11.5 Å². The van der Waals surface area contributed by atoms with Gasteiger partial charge in [0.25, 0.3) is 0 Å². The van der Waals surface area contributed by atoms with Crippen LogP contribution in [-0.2, 0) is 14.7 Å². The van der Waals surface area contributed by atoms with Crippen molar-refractivity contribution >= 4 is 9.84 Å². The summed E-state index contributed by atoms with van der Waals surface area (Å²) < 4.78 is 22.7. The molecule has 1 saturated heterocycles. The van der Waals surface area contributed by atoms with E-state index in [-0.39, 0.29) is 11.7 Å². The monoisotopic (exact) mass is 207 g/mol. The average molecular weight is 207 g/mol. The zero-order chi connectivity index (χ0) is 10.1. The highest BCUT2D eigenvalue weighted by Crippen LogP contribution is 2.29. The third-order valence-electron chi connectivity index (χ3n) is 2.75. The Morgan fingerprint density at radius 3 is 2.54 bits per heavy atom. The second-order valence-electron chi connectivity index (χ2n) is 4.17. The molecule has 0 aliphatic carbocycles. The molecule has 0 bridgehead atoms. The molecule has 1 aliphatic heterocycles. The fourth-order valence-electron chi connectivity index (χ4n) is 1.67. The van der Waals surface area contributed by atoms with Crippen molar-refractivity contribution < 1.29 is 13.3 Å². The maximum absolute atomic E-state index is 11.3.